The number of H-pyrrole nitrogens is 1. The van der Waals surface area contributed by atoms with Gasteiger partial charge in [-0.2, -0.15) is 0 Å². The second kappa shape index (κ2) is 5.51. The van der Waals surface area contributed by atoms with E-state index in [0.29, 0.717) is 0 Å². The molecule has 0 radical (unpaired) electrons. The van der Waals surface area contributed by atoms with Crippen LogP contribution in [-0.2, 0) is 13.1 Å². The van der Waals surface area contributed by atoms with E-state index in [4.69, 9.17) is 0 Å². The molecule has 0 bridgehead atoms. The Morgan fingerprint density at radius 3 is 3.05 bits per heavy atom. The van der Waals surface area contributed by atoms with Crippen LogP contribution in [0.3, 0.4) is 0 Å². The van der Waals surface area contributed by atoms with Crippen LogP contribution < -0.4 is 0 Å². The van der Waals surface area contributed by atoms with E-state index in [0.717, 1.165) is 48.3 Å². The van der Waals surface area contributed by atoms with Gasteiger partial charge in [0.2, 0.25) is 0 Å². The second-order valence-electron chi connectivity index (χ2n) is 5.78. The van der Waals surface area contributed by atoms with Gasteiger partial charge in [-0.1, -0.05) is 24.3 Å². The number of aliphatic hydroxyl groups excluding tert-OH is 1. The first-order valence-electron chi connectivity index (χ1n) is 7.56. The SMILES string of the molecule is OC1CCN(Cc2c[nH]c3nccnc23)Cc2ccccc21. The van der Waals surface area contributed by atoms with Crippen LogP contribution in [0.1, 0.15) is 29.2 Å². The highest BCUT2D eigenvalue weighted by molar-refractivity contribution is 5.74. The first-order valence-corrected chi connectivity index (χ1v) is 7.56. The molecule has 1 aliphatic rings. The standard InChI is InChI=1S/C17H18N4O/c22-15-5-8-21(10-12-3-1-2-4-14(12)15)11-13-9-20-17-16(13)18-6-7-19-17/h1-4,6-7,9,15,22H,5,8,10-11H2,(H,19,20). The lowest BCUT2D eigenvalue weighted by Gasteiger charge is -2.19. The summed E-state index contributed by atoms with van der Waals surface area (Å²) >= 11 is 0. The van der Waals surface area contributed by atoms with E-state index in [9.17, 15) is 5.11 Å². The van der Waals surface area contributed by atoms with Gasteiger partial charge in [-0.25, -0.2) is 4.98 Å². The summed E-state index contributed by atoms with van der Waals surface area (Å²) in [7, 11) is 0. The topological polar surface area (TPSA) is 65.0 Å². The summed E-state index contributed by atoms with van der Waals surface area (Å²) in [5, 5.41) is 10.3. The molecule has 1 unspecified atom stereocenters. The van der Waals surface area contributed by atoms with Crippen molar-refractivity contribution in [3.63, 3.8) is 0 Å². The van der Waals surface area contributed by atoms with Gasteiger partial charge in [-0.3, -0.25) is 9.88 Å². The molecular formula is C17H18N4O. The minimum Gasteiger partial charge on any atom is -0.388 e. The number of aromatic amines is 1. The van der Waals surface area contributed by atoms with Gasteiger partial charge in [0.1, 0.15) is 5.52 Å². The number of benzene rings is 1. The van der Waals surface area contributed by atoms with Gasteiger partial charge in [-0.05, 0) is 17.5 Å². The molecule has 112 valence electrons. The van der Waals surface area contributed by atoms with Crippen LogP contribution in [0.4, 0.5) is 0 Å². The Bertz CT molecular complexity index is 798. The zero-order chi connectivity index (χ0) is 14.9. The maximum Gasteiger partial charge on any atom is 0.156 e. The molecule has 5 heteroatoms. The zero-order valence-electron chi connectivity index (χ0n) is 12.2. The molecule has 1 atom stereocenters. The third kappa shape index (κ3) is 2.38. The number of hydrogen-bond donors (Lipinski definition) is 2. The normalized spacial score (nSPS) is 19.0. The van der Waals surface area contributed by atoms with Crippen LogP contribution in [0, 0.1) is 0 Å². The molecule has 3 aromatic rings. The minimum atomic E-state index is -0.371. The van der Waals surface area contributed by atoms with E-state index in [1.807, 2.05) is 24.4 Å². The van der Waals surface area contributed by atoms with Crippen molar-refractivity contribution in [3.8, 4) is 0 Å². The lowest BCUT2D eigenvalue weighted by Crippen LogP contribution is -2.22. The van der Waals surface area contributed by atoms with Gasteiger partial charge in [0.15, 0.2) is 5.65 Å². The predicted molar refractivity (Wildman–Crippen MR) is 84.0 cm³/mol. The maximum absolute atomic E-state index is 10.3. The molecular weight excluding hydrogens is 276 g/mol. The summed E-state index contributed by atoms with van der Waals surface area (Å²) in [5.41, 5.74) is 5.17. The Morgan fingerprint density at radius 1 is 1.23 bits per heavy atom. The third-order valence-corrected chi connectivity index (χ3v) is 4.31. The number of fused-ring (bicyclic) bond motifs is 2. The summed E-state index contributed by atoms with van der Waals surface area (Å²) in [6, 6.07) is 8.16. The smallest absolute Gasteiger partial charge is 0.156 e. The van der Waals surface area contributed by atoms with Crippen molar-refractivity contribution in [2.75, 3.05) is 6.54 Å². The van der Waals surface area contributed by atoms with Crippen molar-refractivity contribution >= 4 is 11.2 Å². The van der Waals surface area contributed by atoms with Gasteiger partial charge in [-0.15, -0.1) is 0 Å². The van der Waals surface area contributed by atoms with Gasteiger partial charge >= 0.3 is 0 Å². The lowest BCUT2D eigenvalue weighted by atomic mass is 10.0. The van der Waals surface area contributed by atoms with Crippen LogP contribution in [0.15, 0.2) is 42.9 Å². The summed E-state index contributed by atoms with van der Waals surface area (Å²) < 4.78 is 0. The number of aromatic nitrogens is 3. The van der Waals surface area contributed by atoms with Crippen molar-refractivity contribution in [2.24, 2.45) is 0 Å². The molecule has 4 rings (SSSR count). The van der Waals surface area contributed by atoms with Crippen molar-refractivity contribution in [2.45, 2.75) is 25.6 Å². The van der Waals surface area contributed by atoms with Gasteiger partial charge in [0, 0.05) is 43.8 Å². The Morgan fingerprint density at radius 2 is 2.09 bits per heavy atom. The van der Waals surface area contributed by atoms with Crippen LogP contribution in [-0.4, -0.2) is 31.5 Å². The zero-order valence-corrected chi connectivity index (χ0v) is 12.2. The molecule has 1 aromatic carbocycles. The average Bonchev–Trinajstić information content (AvgIpc) is 2.88. The van der Waals surface area contributed by atoms with Crippen molar-refractivity contribution in [3.05, 3.63) is 59.5 Å². The van der Waals surface area contributed by atoms with Gasteiger partial charge < -0.3 is 10.1 Å². The van der Waals surface area contributed by atoms with Crippen molar-refractivity contribution in [1.82, 2.24) is 19.9 Å². The van der Waals surface area contributed by atoms with E-state index in [1.165, 1.54) is 5.56 Å². The van der Waals surface area contributed by atoms with E-state index in [1.54, 1.807) is 12.4 Å². The molecule has 2 N–H and O–H groups in total. The fraction of sp³-hybridized carbons (Fsp3) is 0.294. The molecule has 0 aliphatic carbocycles. The number of rotatable bonds is 2. The monoisotopic (exact) mass is 294 g/mol. The minimum absolute atomic E-state index is 0.371. The van der Waals surface area contributed by atoms with Crippen molar-refractivity contribution < 1.29 is 5.11 Å². The maximum atomic E-state index is 10.3. The number of nitrogens with one attached hydrogen (secondary N) is 1. The van der Waals surface area contributed by atoms with E-state index < -0.39 is 0 Å². The molecule has 0 saturated carbocycles. The van der Waals surface area contributed by atoms with Gasteiger partial charge in [0.05, 0.1) is 6.10 Å². The Labute approximate surface area is 128 Å². The number of nitrogens with zero attached hydrogens (tertiary/aromatic N) is 3. The lowest BCUT2D eigenvalue weighted by molar-refractivity contribution is 0.150. The molecule has 1 aliphatic heterocycles. The molecule has 2 aromatic heterocycles. The van der Waals surface area contributed by atoms with E-state index in [2.05, 4.69) is 25.9 Å². The van der Waals surface area contributed by atoms with Crippen LogP contribution in [0.5, 0.6) is 0 Å². The Hall–Kier alpha value is -2.24. The van der Waals surface area contributed by atoms with Crippen molar-refractivity contribution in [1.29, 1.82) is 0 Å². The molecule has 22 heavy (non-hydrogen) atoms. The Kier molecular flexibility index (Phi) is 3.36. The Balaban J connectivity index is 1.61. The first-order chi connectivity index (χ1) is 10.8. The summed E-state index contributed by atoms with van der Waals surface area (Å²) in [6.07, 6.45) is 5.79. The van der Waals surface area contributed by atoms with Crippen LogP contribution in [0.2, 0.25) is 0 Å². The average molecular weight is 294 g/mol. The molecule has 0 amide bonds. The summed E-state index contributed by atoms with van der Waals surface area (Å²) in [4.78, 5) is 14.2. The second-order valence-corrected chi connectivity index (χ2v) is 5.78. The van der Waals surface area contributed by atoms with E-state index >= 15 is 0 Å². The summed E-state index contributed by atoms with van der Waals surface area (Å²) in [6.45, 7) is 2.52. The first kappa shape index (κ1) is 13.4. The van der Waals surface area contributed by atoms with Gasteiger partial charge in [0.25, 0.3) is 0 Å². The fourth-order valence-electron chi connectivity index (χ4n) is 3.18. The molecule has 3 heterocycles. The highest BCUT2D eigenvalue weighted by Gasteiger charge is 2.21. The van der Waals surface area contributed by atoms with E-state index in [-0.39, 0.29) is 6.10 Å². The predicted octanol–water partition coefficient (Wildman–Crippen LogP) is 2.40. The third-order valence-electron chi connectivity index (χ3n) is 4.31. The van der Waals surface area contributed by atoms with Crippen LogP contribution in [0.25, 0.3) is 11.2 Å². The fourth-order valence-corrected chi connectivity index (χ4v) is 3.18. The number of aliphatic hydroxyl groups is 1. The molecule has 5 nitrogen and oxygen atoms in total. The highest BCUT2D eigenvalue weighted by atomic mass is 16.3. The highest BCUT2D eigenvalue weighted by Crippen LogP contribution is 2.27. The largest absolute Gasteiger partial charge is 0.388 e. The van der Waals surface area contributed by atoms with Crippen LogP contribution >= 0.6 is 0 Å². The number of hydrogen-bond acceptors (Lipinski definition) is 4. The summed E-state index contributed by atoms with van der Waals surface area (Å²) in [5.74, 6) is 0. The molecule has 0 fully saturated rings. The molecule has 0 saturated heterocycles. The molecule has 0 spiro atoms. The quantitative estimate of drug-likeness (QED) is 0.761.